The number of Topliss-reactive ketones (excluding diaryl/α,β-unsaturated/α-hetero) is 2. The second kappa shape index (κ2) is 20.3. The van der Waals surface area contributed by atoms with Gasteiger partial charge in [-0.05, 0) is 138 Å². The molecule has 5 aliphatic rings. The molecule has 0 aromatic rings. The molecule has 1 heterocycles. The first kappa shape index (κ1) is 40.8. The van der Waals surface area contributed by atoms with Gasteiger partial charge in [0.25, 0.3) is 0 Å². The molecule has 0 bridgehead atoms. The van der Waals surface area contributed by atoms with Crippen molar-refractivity contribution in [2.75, 3.05) is 33.4 Å². The number of aliphatic hydroxyl groups excluding tert-OH is 4. The number of rotatable bonds is 12. The van der Waals surface area contributed by atoms with Crippen molar-refractivity contribution in [3.8, 4) is 11.8 Å². The highest BCUT2D eigenvalue weighted by Crippen LogP contribution is 2.47. The summed E-state index contributed by atoms with van der Waals surface area (Å²) >= 11 is 0. The highest BCUT2D eigenvalue weighted by atomic mass is 16.5. The van der Waals surface area contributed by atoms with Gasteiger partial charge in [-0.3, -0.25) is 9.59 Å². The fourth-order valence-corrected chi connectivity index (χ4v) is 11.1. The van der Waals surface area contributed by atoms with E-state index >= 15 is 0 Å². The Kier molecular flexibility index (Phi) is 16.3. The monoisotopic (exact) mass is 715 g/mol. The van der Waals surface area contributed by atoms with E-state index in [-0.39, 0.29) is 79.0 Å². The zero-order valence-electron chi connectivity index (χ0n) is 31.7. The zero-order chi connectivity index (χ0) is 36.3. The van der Waals surface area contributed by atoms with Gasteiger partial charge in [-0.1, -0.05) is 44.4 Å². The van der Waals surface area contributed by atoms with E-state index in [1.54, 1.807) is 7.11 Å². The lowest BCUT2D eigenvalue weighted by atomic mass is 9.63. The molecule has 3 saturated carbocycles. The van der Waals surface area contributed by atoms with Crippen LogP contribution in [0.5, 0.6) is 0 Å². The van der Waals surface area contributed by atoms with Crippen LogP contribution in [0.4, 0.5) is 0 Å². The SMILES string of the molecule is CCC[C@H](CO)[C@H]1C[C@@H](CC2CCNC(NCCCO)C2)C[C@@H]2C#C[C@H](C3CCCCC3)C3CC(O)C(OC)CC3CCC(=O)[C@H](O)C(=O)[C@H]2C1. The van der Waals surface area contributed by atoms with Crippen LogP contribution in [0.15, 0.2) is 0 Å². The number of piperidine rings is 1. The summed E-state index contributed by atoms with van der Waals surface area (Å²) in [5.41, 5.74) is 0. The number of fused-ring (bicyclic) bond motifs is 2. The van der Waals surface area contributed by atoms with Gasteiger partial charge in [-0.25, -0.2) is 0 Å². The summed E-state index contributed by atoms with van der Waals surface area (Å²) in [6, 6.07) is 0. The largest absolute Gasteiger partial charge is 0.396 e. The van der Waals surface area contributed by atoms with Gasteiger partial charge in [0.15, 0.2) is 17.7 Å². The summed E-state index contributed by atoms with van der Waals surface area (Å²) < 4.78 is 5.71. The van der Waals surface area contributed by atoms with Crippen LogP contribution in [0, 0.1) is 71.0 Å². The Morgan fingerprint density at radius 1 is 0.922 bits per heavy atom. The van der Waals surface area contributed by atoms with Crippen molar-refractivity contribution in [1.82, 2.24) is 10.6 Å². The standard InChI is InChI=1S/C42H70N2O7/c1-3-8-32(26-46)33-21-28(19-27-15-17-44-40(22-27)43-16-7-18-45)20-30-11-13-34(29-9-5-4-6-10-29)35-25-38(48)39(51-2)24-31(35)12-14-37(47)42(50)41(49)36(30)23-33/h27-36,38-40,42-46,48,50H,3-10,12,14-26H2,1-2H3/t27?,28-,30-,31?,32+,33-,34+,35?,36-,38?,39?,40?,42-/m0/s1. The predicted molar refractivity (Wildman–Crippen MR) is 198 cm³/mol. The Morgan fingerprint density at radius 3 is 2.45 bits per heavy atom. The molecule has 6 unspecified atom stereocenters. The average Bonchev–Trinajstić information content (AvgIpc) is 3.32. The Bertz CT molecular complexity index is 1150. The smallest absolute Gasteiger partial charge is 0.173 e. The molecule has 4 aliphatic carbocycles. The van der Waals surface area contributed by atoms with Crippen molar-refractivity contribution >= 4 is 11.6 Å². The number of ether oxygens (including phenoxy) is 1. The van der Waals surface area contributed by atoms with Crippen molar-refractivity contribution in [2.24, 2.45) is 59.2 Å². The number of nitrogens with one attached hydrogen (secondary N) is 2. The topological polar surface area (TPSA) is 148 Å². The van der Waals surface area contributed by atoms with Gasteiger partial charge in [-0.15, -0.1) is 0 Å². The van der Waals surface area contributed by atoms with Crippen molar-refractivity contribution in [3.05, 3.63) is 0 Å². The predicted octanol–water partition coefficient (Wildman–Crippen LogP) is 4.63. The summed E-state index contributed by atoms with van der Waals surface area (Å²) in [4.78, 5) is 28.0. The molecule has 0 radical (unpaired) electrons. The van der Waals surface area contributed by atoms with Gasteiger partial charge in [0, 0.05) is 44.5 Å². The molecular weight excluding hydrogens is 644 g/mol. The van der Waals surface area contributed by atoms with E-state index in [0.29, 0.717) is 43.4 Å². The number of aliphatic hydroxyl groups is 4. The number of hydrogen-bond donors (Lipinski definition) is 6. The van der Waals surface area contributed by atoms with Crippen molar-refractivity contribution in [3.63, 3.8) is 0 Å². The molecule has 13 atom stereocenters. The minimum Gasteiger partial charge on any atom is -0.396 e. The molecule has 6 N–H and O–H groups in total. The second-order valence-electron chi connectivity index (χ2n) is 17.2. The van der Waals surface area contributed by atoms with Crippen LogP contribution >= 0.6 is 0 Å². The fourth-order valence-electron chi connectivity index (χ4n) is 11.1. The maximum Gasteiger partial charge on any atom is 0.173 e. The number of hydrogen-bond acceptors (Lipinski definition) is 9. The van der Waals surface area contributed by atoms with Gasteiger partial charge >= 0.3 is 0 Å². The number of carbonyl (C=O) groups is 2. The van der Waals surface area contributed by atoms with E-state index in [4.69, 9.17) is 4.74 Å². The normalized spacial score (nSPS) is 39.3. The minimum atomic E-state index is -1.65. The van der Waals surface area contributed by atoms with E-state index in [9.17, 15) is 30.0 Å². The number of ketones is 2. The lowest BCUT2D eigenvalue weighted by Gasteiger charge is -2.44. The van der Waals surface area contributed by atoms with Crippen molar-refractivity contribution in [1.29, 1.82) is 0 Å². The van der Waals surface area contributed by atoms with E-state index in [1.165, 1.54) is 19.3 Å². The van der Waals surface area contributed by atoms with Crippen LogP contribution < -0.4 is 10.6 Å². The molecule has 1 aliphatic heterocycles. The first-order valence-corrected chi connectivity index (χ1v) is 20.9. The Balaban J connectivity index is 1.50. The minimum absolute atomic E-state index is 0.0698. The lowest BCUT2D eigenvalue weighted by Crippen LogP contribution is -2.48. The summed E-state index contributed by atoms with van der Waals surface area (Å²) in [7, 11) is 1.64. The molecule has 0 spiro atoms. The van der Waals surface area contributed by atoms with Crippen LogP contribution in [0.25, 0.3) is 0 Å². The van der Waals surface area contributed by atoms with E-state index in [0.717, 1.165) is 77.3 Å². The first-order chi connectivity index (χ1) is 24.8. The first-order valence-electron chi connectivity index (χ1n) is 20.9. The van der Waals surface area contributed by atoms with Crippen molar-refractivity contribution < 1.29 is 34.8 Å². The molecule has 0 aromatic carbocycles. The number of carbonyl (C=O) groups excluding carboxylic acids is 2. The van der Waals surface area contributed by atoms with Crippen LogP contribution in [-0.4, -0.2) is 89.9 Å². The van der Waals surface area contributed by atoms with Crippen LogP contribution in [0.2, 0.25) is 0 Å². The van der Waals surface area contributed by atoms with Gasteiger partial charge in [0.05, 0.1) is 18.4 Å². The highest BCUT2D eigenvalue weighted by molar-refractivity contribution is 6.06. The molecule has 290 valence electrons. The quantitative estimate of drug-likeness (QED) is 0.0968. The molecule has 9 heteroatoms. The second-order valence-corrected chi connectivity index (χ2v) is 17.2. The Labute approximate surface area is 307 Å². The molecule has 5 rings (SSSR count). The van der Waals surface area contributed by atoms with Gasteiger partial charge in [0.1, 0.15) is 0 Å². The fraction of sp³-hybridized carbons (Fsp3) is 0.905. The lowest BCUT2D eigenvalue weighted by molar-refractivity contribution is -0.142. The molecular formula is C42H70N2O7. The molecule has 0 amide bonds. The molecule has 4 fully saturated rings. The van der Waals surface area contributed by atoms with E-state index in [2.05, 4.69) is 29.4 Å². The maximum atomic E-state index is 14.4. The third-order valence-corrected chi connectivity index (χ3v) is 13.9. The van der Waals surface area contributed by atoms with Crippen LogP contribution in [-0.2, 0) is 14.3 Å². The molecule has 9 nitrogen and oxygen atoms in total. The average molecular weight is 715 g/mol. The molecule has 1 saturated heterocycles. The van der Waals surface area contributed by atoms with Crippen LogP contribution in [0.1, 0.15) is 122 Å². The zero-order valence-corrected chi connectivity index (χ0v) is 31.7. The van der Waals surface area contributed by atoms with Gasteiger partial charge in [0.2, 0.25) is 0 Å². The van der Waals surface area contributed by atoms with Gasteiger partial charge in [-0.2, -0.15) is 0 Å². The van der Waals surface area contributed by atoms with E-state index < -0.39 is 18.1 Å². The van der Waals surface area contributed by atoms with Crippen LogP contribution in [0.3, 0.4) is 0 Å². The maximum absolute atomic E-state index is 14.4. The molecule has 51 heavy (non-hydrogen) atoms. The third kappa shape index (κ3) is 10.9. The van der Waals surface area contributed by atoms with Gasteiger partial charge < -0.3 is 35.8 Å². The van der Waals surface area contributed by atoms with Crippen molar-refractivity contribution in [2.45, 2.75) is 147 Å². The number of methoxy groups -OCH3 is 1. The Morgan fingerprint density at radius 2 is 1.73 bits per heavy atom. The molecule has 0 aromatic heterocycles. The summed E-state index contributed by atoms with van der Waals surface area (Å²) in [5, 5.41) is 49.7. The highest BCUT2D eigenvalue weighted by Gasteiger charge is 2.46. The third-order valence-electron chi connectivity index (χ3n) is 13.9. The summed E-state index contributed by atoms with van der Waals surface area (Å²) in [6.45, 7) is 4.11. The Hall–Kier alpha value is -1.38. The summed E-state index contributed by atoms with van der Waals surface area (Å²) in [6.07, 6.45) is 13.5. The summed E-state index contributed by atoms with van der Waals surface area (Å²) in [5.74, 6) is 7.89. The van der Waals surface area contributed by atoms with E-state index in [1.807, 2.05) is 0 Å².